The van der Waals surface area contributed by atoms with Crippen molar-refractivity contribution in [2.75, 3.05) is 27.3 Å². The van der Waals surface area contributed by atoms with E-state index >= 15 is 0 Å². The fraction of sp³-hybridized carbons (Fsp3) is 0.556. The first-order valence-electron chi connectivity index (χ1n) is 4.53. The molecule has 1 atom stereocenters. The average Bonchev–Trinajstić information content (AvgIpc) is 2.69. The molecule has 0 aliphatic heterocycles. The van der Waals surface area contributed by atoms with E-state index in [1.807, 2.05) is 0 Å². The fourth-order valence-electron chi connectivity index (χ4n) is 1.19. The standard InChI is InChI=1S/C9H14ClN3O2/c1-13(5-7(10)6-15-2)9(14)8-3-4-11-12-8/h3-4,7H,5-6H2,1-2H3,(H,11,12). The zero-order valence-electron chi connectivity index (χ0n) is 8.74. The zero-order valence-corrected chi connectivity index (χ0v) is 9.49. The molecule has 0 radical (unpaired) electrons. The van der Waals surface area contributed by atoms with Crippen LogP contribution in [0, 0.1) is 0 Å². The van der Waals surface area contributed by atoms with E-state index in [2.05, 4.69) is 10.2 Å². The summed E-state index contributed by atoms with van der Waals surface area (Å²) in [4.78, 5) is 13.2. The van der Waals surface area contributed by atoms with Crippen molar-refractivity contribution >= 4 is 17.5 Å². The Morgan fingerprint density at radius 1 is 1.80 bits per heavy atom. The van der Waals surface area contributed by atoms with Gasteiger partial charge in [0.05, 0.1) is 12.0 Å². The minimum absolute atomic E-state index is 0.130. The summed E-state index contributed by atoms with van der Waals surface area (Å²) in [5.41, 5.74) is 0.457. The summed E-state index contributed by atoms with van der Waals surface area (Å²) in [6.07, 6.45) is 1.54. The van der Waals surface area contributed by atoms with Crippen molar-refractivity contribution in [3.8, 4) is 0 Å². The Kier molecular flexibility index (Phi) is 4.58. The van der Waals surface area contributed by atoms with E-state index in [0.717, 1.165) is 0 Å². The van der Waals surface area contributed by atoms with E-state index in [-0.39, 0.29) is 11.3 Å². The number of methoxy groups -OCH3 is 1. The minimum Gasteiger partial charge on any atom is -0.383 e. The molecule has 0 aliphatic carbocycles. The Hall–Kier alpha value is -1.07. The fourth-order valence-corrected chi connectivity index (χ4v) is 1.53. The number of carbonyl (C=O) groups excluding carboxylic acids is 1. The highest BCUT2D eigenvalue weighted by atomic mass is 35.5. The molecule has 1 heterocycles. The van der Waals surface area contributed by atoms with Crippen molar-refractivity contribution in [1.29, 1.82) is 0 Å². The van der Waals surface area contributed by atoms with Gasteiger partial charge in [0.15, 0.2) is 0 Å². The number of H-pyrrole nitrogens is 1. The molecule has 1 aromatic rings. The van der Waals surface area contributed by atoms with E-state index in [1.54, 1.807) is 20.2 Å². The summed E-state index contributed by atoms with van der Waals surface area (Å²) in [6, 6.07) is 1.62. The van der Waals surface area contributed by atoms with Crippen LogP contribution in [0.5, 0.6) is 0 Å². The number of hydrogen-bond acceptors (Lipinski definition) is 3. The molecule has 0 spiro atoms. The molecule has 0 saturated heterocycles. The lowest BCUT2D eigenvalue weighted by molar-refractivity contribution is 0.0776. The maximum absolute atomic E-state index is 11.7. The highest BCUT2D eigenvalue weighted by Crippen LogP contribution is 2.03. The lowest BCUT2D eigenvalue weighted by Gasteiger charge is -2.19. The number of halogens is 1. The zero-order chi connectivity index (χ0) is 11.3. The first-order chi connectivity index (χ1) is 7.15. The first kappa shape index (κ1) is 12.0. The van der Waals surface area contributed by atoms with Gasteiger partial charge < -0.3 is 9.64 Å². The smallest absolute Gasteiger partial charge is 0.271 e. The quantitative estimate of drug-likeness (QED) is 0.761. The van der Waals surface area contributed by atoms with Crippen molar-refractivity contribution in [1.82, 2.24) is 15.1 Å². The third-order valence-corrected chi connectivity index (χ3v) is 2.16. The highest BCUT2D eigenvalue weighted by Gasteiger charge is 2.16. The summed E-state index contributed by atoms with van der Waals surface area (Å²) >= 11 is 5.94. The van der Waals surface area contributed by atoms with Gasteiger partial charge in [-0.15, -0.1) is 11.6 Å². The third kappa shape index (κ3) is 3.53. The summed E-state index contributed by atoms with van der Waals surface area (Å²) in [5.74, 6) is -0.130. The highest BCUT2D eigenvalue weighted by molar-refractivity contribution is 6.21. The molecule has 1 N–H and O–H groups in total. The largest absolute Gasteiger partial charge is 0.383 e. The van der Waals surface area contributed by atoms with Crippen molar-refractivity contribution in [3.63, 3.8) is 0 Å². The number of nitrogens with one attached hydrogen (secondary N) is 1. The van der Waals surface area contributed by atoms with Crippen LogP contribution in [0.25, 0.3) is 0 Å². The normalized spacial score (nSPS) is 12.5. The minimum atomic E-state index is -0.202. The number of nitrogens with zero attached hydrogens (tertiary/aromatic N) is 2. The Morgan fingerprint density at radius 2 is 2.53 bits per heavy atom. The van der Waals surface area contributed by atoms with Crippen LogP contribution >= 0.6 is 11.6 Å². The van der Waals surface area contributed by atoms with Crippen LogP contribution in [-0.4, -0.2) is 53.7 Å². The molecule has 1 aromatic heterocycles. The van der Waals surface area contributed by atoms with E-state index in [0.29, 0.717) is 18.8 Å². The van der Waals surface area contributed by atoms with Gasteiger partial charge in [-0.1, -0.05) is 0 Å². The van der Waals surface area contributed by atoms with Crippen LogP contribution < -0.4 is 0 Å². The molecule has 0 bridgehead atoms. The summed E-state index contributed by atoms with van der Waals surface area (Å²) in [7, 11) is 3.26. The Morgan fingerprint density at radius 3 is 3.07 bits per heavy atom. The van der Waals surface area contributed by atoms with Crippen LogP contribution in [0.1, 0.15) is 10.5 Å². The molecular formula is C9H14ClN3O2. The van der Waals surface area contributed by atoms with Crippen LogP contribution in [0.3, 0.4) is 0 Å². The summed E-state index contributed by atoms with van der Waals surface area (Å²) in [6.45, 7) is 0.857. The van der Waals surface area contributed by atoms with Crippen molar-refractivity contribution in [2.45, 2.75) is 5.38 Å². The second-order valence-corrected chi connectivity index (χ2v) is 3.83. The van der Waals surface area contributed by atoms with Gasteiger partial charge in [0.25, 0.3) is 5.91 Å². The van der Waals surface area contributed by atoms with Crippen LogP contribution in [0.15, 0.2) is 12.3 Å². The summed E-state index contributed by atoms with van der Waals surface area (Å²) < 4.78 is 4.88. The molecule has 6 heteroatoms. The van der Waals surface area contributed by atoms with Gasteiger partial charge in [0, 0.05) is 26.9 Å². The van der Waals surface area contributed by atoms with Gasteiger partial charge in [0.2, 0.25) is 0 Å². The number of aromatic nitrogens is 2. The van der Waals surface area contributed by atoms with Gasteiger partial charge in [-0.2, -0.15) is 5.10 Å². The van der Waals surface area contributed by atoms with Crippen molar-refractivity contribution < 1.29 is 9.53 Å². The lowest BCUT2D eigenvalue weighted by atomic mass is 10.3. The van der Waals surface area contributed by atoms with E-state index in [4.69, 9.17) is 16.3 Å². The maximum atomic E-state index is 11.7. The lowest BCUT2D eigenvalue weighted by Crippen LogP contribution is -2.34. The second-order valence-electron chi connectivity index (χ2n) is 3.21. The predicted octanol–water partition coefficient (Wildman–Crippen LogP) is 0.736. The summed E-state index contributed by atoms with van der Waals surface area (Å²) in [5, 5.41) is 6.12. The van der Waals surface area contributed by atoms with Gasteiger partial charge in [-0.3, -0.25) is 9.89 Å². The third-order valence-electron chi connectivity index (χ3n) is 1.90. The topological polar surface area (TPSA) is 58.2 Å². The SMILES string of the molecule is COCC(Cl)CN(C)C(=O)c1ccn[nH]1. The number of alkyl halides is 1. The number of rotatable bonds is 5. The van der Waals surface area contributed by atoms with Gasteiger partial charge in [-0.25, -0.2) is 0 Å². The molecule has 0 aliphatic rings. The van der Waals surface area contributed by atoms with Crippen LogP contribution in [0.2, 0.25) is 0 Å². The molecule has 1 unspecified atom stereocenters. The number of ether oxygens (including phenoxy) is 1. The molecule has 15 heavy (non-hydrogen) atoms. The average molecular weight is 232 g/mol. The Bertz CT molecular complexity index is 302. The molecule has 1 amide bonds. The molecule has 84 valence electrons. The van der Waals surface area contributed by atoms with E-state index < -0.39 is 0 Å². The molecule has 1 rings (SSSR count). The number of carbonyl (C=O) groups is 1. The predicted molar refractivity (Wildman–Crippen MR) is 57.1 cm³/mol. The molecular weight excluding hydrogens is 218 g/mol. The number of amides is 1. The van der Waals surface area contributed by atoms with Gasteiger partial charge >= 0.3 is 0 Å². The molecule has 0 aromatic carbocycles. The molecule has 0 fully saturated rings. The van der Waals surface area contributed by atoms with Gasteiger partial charge in [-0.05, 0) is 6.07 Å². The monoisotopic (exact) mass is 231 g/mol. The van der Waals surface area contributed by atoms with E-state index in [9.17, 15) is 4.79 Å². The first-order valence-corrected chi connectivity index (χ1v) is 4.96. The second kappa shape index (κ2) is 5.72. The number of aromatic amines is 1. The Labute approximate surface area is 93.4 Å². The van der Waals surface area contributed by atoms with Crippen molar-refractivity contribution in [2.24, 2.45) is 0 Å². The van der Waals surface area contributed by atoms with Crippen LogP contribution in [0.4, 0.5) is 0 Å². The number of hydrogen-bond donors (Lipinski definition) is 1. The molecule has 5 nitrogen and oxygen atoms in total. The van der Waals surface area contributed by atoms with Crippen molar-refractivity contribution in [3.05, 3.63) is 18.0 Å². The Balaban J connectivity index is 2.47. The van der Waals surface area contributed by atoms with Crippen LogP contribution in [-0.2, 0) is 4.74 Å². The molecule has 0 saturated carbocycles. The maximum Gasteiger partial charge on any atom is 0.271 e. The van der Waals surface area contributed by atoms with E-state index in [1.165, 1.54) is 11.1 Å². The van der Waals surface area contributed by atoms with Gasteiger partial charge in [0.1, 0.15) is 5.69 Å².